The van der Waals surface area contributed by atoms with Gasteiger partial charge in [0.15, 0.2) is 0 Å². The van der Waals surface area contributed by atoms with Crippen molar-refractivity contribution in [2.45, 2.75) is 0 Å². The summed E-state index contributed by atoms with van der Waals surface area (Å²) in [7, 11) is 0. The Labute approximate surface area is 87.2 Å². The molecule has 0 atom stereocenters. The second kappa shape index (κ2) is 4.40. The van der Waals surface area contributed by atoms with Gasteiger partial charge in [0.05, 0.1) is 13.2 Å². The number of carbonyl (C=O) groups excluding carboxylic acids is 1. The lowest BCUT2D eigenvalue weighted by molar-refractivity contribution is -0.0298. The van der Waals surface area contributed by atoms with E-state index in [-0.39, 0.29) is 5.91 Å². The molecule has 1 saturated heterocycles. The first-order valence-electron chi connectivity index (χ1n) is 4.87. The topological polar surface area (TPSA) is 38.3 Å². The maximum Gasteiger partial charge on any atom is 0.251 e. The van der Waals surface area contributed by atoms with Gasteiger partial charge >= 0.3 is 0 Å². The molecule has 2 rings (SSSR count). The molecule has 0 aliphatic carbocycles. The van der Waals surface area contributed by atoms with Crippen LogP contribution in [-0.4, -0.2) is 25.7 Å². The summed E-state index contributed by atoms with van der Waals surface area (Å²) in [5, 5.41) is 2.74. The van der Waals surface area contributed by atoms with Crippen molar-refractivity contribution in [3.05, 3.63) is 35.6 Å². The smallest absolute Gasteiger partial charge is 0.251 e. The molecule has 15 heavy (non-hydrogen) atoms. The fourth-order valence-corrected chi connectivity index (χ4v) is 1.37. The van der Waals surface area contributed by atoms with Gasteiger partial charge in [0.1, 0.15) is 5.82 Å². The zero-order chi connectivity index (χ0) is 10.7. The Morgan fingerprint density at radius 3 is 2.93 bits per heavy atom. The van der Waals surface area contributed by atoms with Crippen LogP contribution in [0.3, 0.4) is 0 Å². The zero-order valence-corrected chi connectivity index (χ0v) is 8.20. The van der Waals surface area contributed by atoms with E-state index < -0.39 is 5.82 Å². The lowest BCUT2D eigenvalue weighted by Gasteiger charge is -2.25. The summed E-state index contributed by atoms with van der Waals surface area (Å²) in [6.07, 6.45) is 0. The largest absolute Gasteiger partial charge is 0.381 e. The first-order chi connectivity index (χ1) is 7.25. The van der Waals surface area contributed by atoms with Crippen molar-refractivity contribution in [3.8, 4) is 0 Å². The Hall–Kier alpha value is -1.42. The molecular formula is C11H12FNO2. The third-order valence-electron chi connectivity index (χ3n) is 2.35. The molecule has 1 aromatic carbocycles. The third-order valence-corrected chi connectivity index (χ3v) is 2.35. The average molecular weight is 209 g/mol. The average Bonchev–Trinajstić information content (AvgIpc) is 2.15. The van der Waals surface area contributed by atoms with E-state index in [0.29, 0.717) is 31.2 Å². The molecule has 0 saturated carbocycles. The van der Waals surface area contributed by atoms with Gasteiger partial charge in [-0.25, -0.2) is 4.39 Å². The maximum absolute atomic E-state index is 12.8. The SMILES string of the molecule is O=C(NCC1COC1)c1cccc(F)c1. The van der Waals surface area contributed by atoms with Crippen LogP contribution >= 0.6 is 0 Å². The van der Waals surface area contributed by atoms with Crippen LogP contribution in [0.4, 0.5) is 4.39 Å². The van der Waals surface area contributed by atoms with Crippen LogP contribution in [0.2, 0.25) is 0 Å². The quantitative estimate of drug-likeness (QED) is 0.812. The van der Waals surface area contributed by atoms with Gasteiger partial charge in [-0.3, -0.25) is 4.79 Å². The standard InChI is InChI=1S/C11H12FNO2/c12-10-3-1-2-9(4-10)11(14)13-5-8-6-15-7-8/h1-4,8H,5-7H2,(H,13,14). The van der Waals surface area contributed by atoms with Crippen LogP contribution < -0.4 is 5.32 Å². The summed E-state index contributed by atoms with van der Waals surface area (Å²) in [4.78, 5) is 11.5. The van der Waals surface area contributed by atoms with Crippen LogP contribution in [0.1, 0.15) is 10.4 Å². The molecule has 80 valence electrons. The van der Waals surface area contributed by atoms with Gasteiger partial charge in [-0.15, -0.1) is 0 Å². The summed E-state index contributed by atoms with van der Waals surface area (Å²) in [5.74, 6) is -0.224. The second-order valence-corrected chi connectivity index (χ2v) is 3.62. The van der Waals surface area contributed by atoms with E-state index in [1.807, 2.05) is 0 Å². The van der Waals surface area contributed by atoms with Crippen molar-refractivity contribution >= 4 is 5.91 Å². The van der Waals surface area contributed by atoms with Gasteiger partial charge < -0.3 is 10.1 Å². The molecule has 1 aliphatic rings. The van der Waals surface area contributed by atoms with Gasteiger partial charge in [0, 0.05) is 18.0 Å². The van der Waals surface area contributed by atoms with Crippen molar-refractivity contribution in [1.82, 2.24) is 5.32 Å². The van der Waals surface area contributed by atoms with Gasteiger partial charge in [-0.05, 0) is 18.2 Å². The fourth-order valence-electron chi connectivity index (χ4n) is 1.37. The second-order valence-electron chi connectivity index (χ2n) is 3.62. The Morgan fingerprint density at radius 1 is 1.53 bits per heavy atom. The summed E-state index contributed by atoms with van der Waals surface area (Å²) < 4.78 is 17.8. The molecule has 1 heterocycles. The van der Waals surface area contributed by atoms with Crippen LogP contribution in [0, 0.1) is 11.7 Å². The van der Waals surface area contributed by atoms with Gasteiger partial charge in [-0.1, -0.05) is 6.07 Å². The van der Waals surface area contributed by atoms with Crippen LogP contribution in [-0.2, 0) is 4.74 Å². The first kappa shape index (κ1) is 10.1. The van der Waals surface area contributed by atoms with Crippen LogP contribution in [0.5, 0.6) is 0 Å². The van der Waals surface area contributed by atoms with Gasteiger partial charge in [0.2, 0.25) is 0 Å². The molecule has 0 aromatic heterocycles. The number of rotatable bonds is 3. The van der Waals surface area contributed by atoms with Crippen LogP contribution in [0.25, 0.3) is 0 Å². The third kappa shape index (κ3) is 2.53. The number of carbonyl (C=O) groups is 1. The maximum atomic E-state index is 12.8. The van der Waals surface area contributed by atoms with E-state index in [1.54, 1.807) is 6.07 Å². The molecular weight excluding hydrogens is 197 g/mol. The Morgan fingerprint density at radius 2 is 2.33 bits per heavy atom. The summed E-state index contributed by atoms with van der Waals surface area (Å²) in [6.45, 7) is 1.99. The summed E-state index contributed by atoms with van der Waals surface area (Å²) in [5.41, 5.74) is 0.357. The highest BCUT2D eigenvalue weighted by Crippen LogP contribution is 2.08. The minimum Gasteiger partial charge on any atom is -0.381 e. The first-order valence-corrected chi connectivity index (χ1v) is 4.87. The molecule has 0 unspecified atom stereocenters. The number of halogens is 1. The highest BCUT2D eigenvalue weighted by molar-refractivity contribution is 5.94. The van der Waals surface area contributed by atoms with E-state index in [4.69, 9.17) is 4.74 Å². The molecule has 4 heteroatoms. The van der Waals surface area contributed by atoms with Crippen molar-refractivity contribution in [2.24, 2.45) is 5.92 Å². The molecule has 1 aromatic rings. The Balaban J connectivity index is 1.89. The number of ether oxygens (including phenoxy) is 1. The number of nitrogens with one attached hydrogen (secondary N) is 1. The molecule has 1 aliphatic heterocycles. The van der Waals surface area contributed by atoms with Crippen molar-refractivity contribution in [3.63, 3.8) is 0 Å². The normalized spacial score (nSPS) is 15.8. The molecule has 1 amide bonds. The Kier molecular flexibility index (Phi) is 2.97. The van der Waals surface area contributed by atoms with E-state index in [0.717, 1.165) is 0 Å². The molecule has 1 fully saturated rings. The van der Waals surface area contributed by atoms with Crippen LogP contribution in [0.15, 0.2) is 24.3 Å². The monoisotopic (exact) mass is 209 g/mol. The van der Waals surface area contributed by atoms with E-state index in [2.05, 4.69) is 5.32 Å². The molecule has 1 N–H and O–H groups in total. The van der Waals surface area contributed by atoms with E-state index >= 15 is 0 Å². The number of hydrogen-bond acceptors (Lipinski definition) is 2. The lowest BCUT2D eigenvalue weighted by Crippen LogP contribution is -2.39. The minimum atomic E-state index is -0.394. The van der Waals surface area contributed by atoms with E-state index in [9.17, 15) is 9.18 Å². The molecule has 3 nitrogen and oxygen atoms in total. The molecule has 0 spiro atoms. The summed E-state index contributed by atoms with van der Waals surface area (Å²) in [6, 6.07) is 5.66. The number of benzene rings is 1. The molecule has 0 radical (unpaired) electrons. The predicted molar refractivity (Wildman–Crippen MR) is 53.0 cm³/mol. The van der Waals surface area contributed by atoms with Gasteiger partial charge in [0.25, 0.3) is 5.91 Å². The number of hydrogen-bond donors (Lipinski definition) is 1. The Bertz CT molecular complexity index is 363. The fraction of sp³-hybridized carbons (Fsp3) is 0.364. The van der Waals surface area contributed by atoms with Gasteiger partial charge in [-0.2, -0.15) is 0 Å². The summed E-state index contributed by atoms with van der Waals surface area (Å²) >= 11 is 0. The highest BCUT2D eigenvalue weighted by atomic mass is 19.1. The minimum absolute atomic E-state index is 0.235. The predicted octanol–water partition coefficient (Wildman–Crippen LogP) is 1.20. The molecule has 0 bridgehead atoms. The number of amides is 1. The lowest BCUT2D eigenvalue weighted by atomic mass is 10.1. The van der Waals surface area contributed by atoms with Crippen molar-refractivity contribution in [2.75, 3.05) is 19.8 Å². The highest BCUT2D eigenvalue weighted by Gasteiger charge is 2.19. The van der Waals surface area contributed by atoms with E-state index in [1.165, 1.54) is 18.2 Å². The van der Waals surface area contributed by atoms with Crippen molar-refractivity contribution < 1.29 is 13.9 Å². The zero-order valence-electron chi connectivity index (χ0n) is 8.20. The van der Waals surface area contributed by atoms with Crippen molar-refractivity contribution in [1.29, 1.82) is 0 Å².